The van der Waals surface area contributed by atoms with Crippen molar-refractivity contribution in [2.45, 2.75) is 13.5 Å². The van der Waals surface area contributed by atoms with Gasteiger partial charge in [-0.2, -0.15) is 0 Å². The molecule has 130 valence electrons. The molecular weight excluding hydrogens is 340 g/mol. The maximum atomic E-state index is 12.1. The van der Waals surface area contributed by atoms with Crippen molar-refractivity contribution in [1.29, 1.82) is 0 Å². The molecule has 0 aliphatic rings. The minimum atomic E-state index is -0.240. The van der Waals surface area contributed by atoms with Gasteiger partial charge in [0.1, 0.15) is 17.1 Å². The molecule has 1 aromatic carbocycles. The quantitative estimate of drug-likeness (QED) is 0.672. The maximum absolute atomic E-state index is 12.1. The van der Waals surface area contributed by atoms with Crippen LogP contribution in [-0.2, 0) is 6.54 Å². The highest BCUT2D eigenvalue weighted by Crippen LogP contribution is 2.16. The molecule has 0 aliphatic heterocycles. The van der Waals surface area contributed by atoms with Crippen molar-refractivity contribution in [2.24, 2.45) is 0 Å². The van der Waals surface area contributed by atoms with E-state index in [1.807, 2.05) is 31.2 Å². The smallest absolute Gasteiger partial charge is 0.271 e. The maximum Gasteiger partial charge on any atom is 0.271 e. The van der Waals surface area contributed by atoms with Crippen LogP contribution in [-0.4, -0.2) is 39.5 Å². The second kappa shape index (κ2) is 7.75. The van der Waals surface area contributed by atoms with Crippen LogP contribution in [0.3, 0.4) is 0 Å². The Labute approximate surface area is 148 Å². The molecule has 1 amide bonds. The Morgan fingerprint density at radius 3 is 3.08 bits per heavy atom. The zero-order valence-corrected chi connectivity index (χ0v) is 14.7. The van der Waals surface area contributed by atoms with Gasteiger partial charge in [-0.3, -0.25) is 4.79 Å². The van der Waals surface area contributed by atoms with Crippen molar-refractivity contribution >= 4 is 22.4 Å². The number of ether oxygens (including phenoxy) is 1. The van der Waals surface area contributed by atoms with Gasteiger partial charge in [0.05, 0.1) is 25.5 Å². The van der Waals surface area contributed by atoms with E-state index in [0.29, 0.717) is 11.4 Å². The van der Waals surface area contributed by atoms with E-state index < -0.39 is 0 Å². The number of amides is 1. The number of methoxy groups -OCH3 is 1. The molecule has 3 aromatic rings. The average Bonchev–Trinajstić information content (AvgIpc) is 3.30. The number of carbonyl (C=O) groups is 1. The summed E-state index contributed by atoms with van der Waals surface area (Å²) in [7, 11) is 1.61. The molecule has 0 spiro atoms. The number of thiazole rings is 1. The fourth-order valence-corrected chi connectivity index (χ4v) is 2.89. The van der Waals surface area contributed by atoms with E-state index in [4.69, 9.17) is 4.74 Å². The van der Waals surface area contributed by atoms with Crippen molar-refractivity contribution in [3.63, 3.8) is 0 Å². The van der Waals surface area contributed by atoms with E-state index >= 15 is 0 Å². The Balaban J connectivity index is 1.62. The lowest BCUT2D eigenvalue weighted by Crippen LogP contribution is -2.23. The van der Waals surface area contributed by atoms with E-state index in [-0.39, 0.29) is 12.5 Å². The lowest BCUT2D eigenvalue weighted by molar-refractivity contribution is 0.0946. The molecule has 25 heavy (non-hydrogen) atoms. The van der Waals surface area contributed by atoms with Crippen LogP contribution in [0.15, 0.2) is 35.8 Å². The van der Waals surface area contributed by atoms with Gasteiger partial charge >= 0.3 is 0 Å². The number of hydrogen-bond acceptors (Lipinski definition) is 7. The molecule has 0 radical (unpaired) electrons. The highest BCUT2D eigenvalue weighted by atomic mass is 32.1. The van der Waals surface area contributed by atoms with Gasteiger partial charge in [0, 0.05) is 18.0 Å². The van der Waals surface area contributed by atoms with Gasteiger partial charge in [0.15, 0.2) is 5.13 Å². The largest absolute Gasteiger partial charge is 0.497 e. The predicted octanol–water partition coefficient (Wildman–Crippen LogP) is 2.09. The molecule has 0 atom stereocenters. The van der Waals surface area contributed by atoms with Crippen molar-refractivity contribution < 1.29 is 9.53 Å². The van der Waals surface area contributed by atoms with E-state index in [9.17, 15) is 4.79 Å². The monoisotopic (exact) mass is 358 g/mol. The molecule has 0 bridgehead atoms. The van der Waals surface area contributed by atoms with E-state index in [0.717, 1.165) is 23.1 Å². The van der Waals surface area contributed by atoms with Gasteiger partial charge in [0.2, 0.25) is 0 Å². The van der Waals surface area contributed by atoms with Gasteiger partial charge < -0.3 is 15.4 Å². The second-order valence-electron chi connectivity index (χ2n) is 5.11. The number of nitrogens with one attached hydrogen (secondary N) is 2. The Bertz CT molecular complexity index is 860. The first-order valence-corrected chi connectivity index (χ1v) is 8.61. The minimum Gasteiger partial charge on any atom is -0.497 e. The molecule has 9 heteroatoms. The summed E-state index contributed by atoms with van der Waals surface area (Å²) in [6.07, 6.45) is 1.76. The van der Waals surface area contributed by atoms with Gasteiger partial charge in [-0.1, -0.05) is 11.3 Å². The zero-order valence-electron chi connectivity index (χ0n) is 13.9. The molecule has 2 N–H and O–H groups in total. The van der Waals surface area contributed by atoms with Crippen LogP contribution in [0.25, 0.3) is 5.69 Å². The summed E-state index contributed by atoms with van der Waals surface area (Å²) >= 11 is 1.40. The Morgan fingerprint density at radius 2 is 2.28 bits per heavy atom. The van der Waals surface area contributed by atoms with Gasteiger partial charge in [-0.05, 0) is 19.1 Å². The summed E-state index contributed by atoms with van der Waals surface area (Å²) in [5, 5.41) is 16.5. The first-order chi connectivity index (χ1) is 12.2. The topological polar surface area (TPSA) is 94.0 Å². The molecule has 8 nitrogen and oxygen atoms in total. The molecule has 2 heterocycles. The van der Waals surface area contributed by atoms with Crippen molar-refractivity contribution in [2.75, 3.05) is 19.0 Å². The fraction of sp³-hybridized carbons (Fsp3) is 0.250. The van der Waals surface area contributed by atoms with Crippen LogP contribution < -0.4 is 15.4 Å². The van der Waals surface area contributed by atoms with E-state index in [1.54, 1.807) is 23.4 Å². The van der Waals surface area contributed by atoms with Crippen LogP contribution in [0.2, 0.25) is 0 Å². The third-order valence-electron chi connectivity index (χ3n) is 3.35. The third-order valence-corrected chi connectivity index (χ3v) is 4.15. The number of anilines is 1. The summed E-state index contributed by atoms with van der Waals surface area (Å²) in [5.74, 6) is 0.499. The fourth-order valence-electron chi connectivity index (χ4n) is 2.13. The van der Waals surface area contributed by atoms with Crippen LogP contribution in [0.4, 0.5) is 5.13 Å². The SMILES string of the molecule is CCNc1nc(C(=O)NCc2cn(-c3cccc(OC)c3)nn2)cs1. The standard InChI is InChI=1S/C16H18N6O2S/c1-3-17-16-19-14(10-25-16)15(23)18-8-11-9-22(21-20-11)12-5-4-6-13(7-12)24-2/h4-7,9-10H,3,8H2,1-2H3,(H,17,19)(H,18,23). The number of benzene rings is 1. The summed E-state index contributed by atoms with van der Waals surface area (Å²) in [6, 6.07) is 7.49. The van der Waals surface area contributed by atoms with Crippen molar-refractivity contribution in [3.05, 3.63) is 47.2 Å². The molecular formula is C16H18N6O2S. The molecule has 0 saturated heterocycles. The third kappa shape index (κ3) is 4.13. The lowest BCUT2D eigenvalue weighted by Gasteiger charge is -2.03. The Kier molecular flexibility index (Phi) is 5.24. The lowest BCUT2D eigenvalue weighted by atomic mass is 10.3. The Hall–Kier alpha value is -2.94. The molecule has 3 rings (SSSR count). The molecule has 0 aliphatic carbocycles. The van der Waals surface area contributed by atoms with E-state index in [2.05, 4.69) is 25.9 Å². The Morgan fingerprint density at radius 1 is 1.40 bits per heavy atom. The van der Waals surface area contributed by atoms with Gasteiger partial charge in [-0.15, -0.1) is 16.4 Å². The number of rotatable bonds is 7. The first kappa shape index (κ1) is 16.9. The predicted molar refractivity (Wildman–Crippen MR) is 95.4 cm³/mol. The molecule has 0 unspecified atom stereocenters. The van der Waals surface area contributed by atoms with Crippen LogP contribution in [0, 0.1) is 0 Å². The minimum absolute atomic E-state index is 0.240. The summed E-state index contributed by atoms with van der Waals surface area (Å²) in [4.78, 5) is 16.4. The van der Waals surface area contributed by atoms with Crippen molar-refractivity contribution in [3.8, 4) is 11.4 Å². The molecule has 2 aromatic heterocycles. The van der Waals surface area contributed by atoms with Gasteiger partial charge in [0.25, 0.3) is 5.91 Å². The average molecular weight is 358 g/mol. The number of hydrogen-bond donors (Lipinski definition) is 2. The normalized spacial score (nSPS) is 10.5. The highest BCUT2D eigenvalue weighted by Gasteiger charge is 2.11. The van der Waals surface area contributed by atoms with Crippen LogP contribution >= 0.6 is 11.3 Å². The van der Waals surface area contributed by atoms with Gasteiger partial charge in [-0.25, -0.2) is 9.67 Å². The number of nitrogens with zero attached hydrogens (tertiary/aromatic N) is 4. The zero-order chi connectivity index (χ0) is 17.6. The van der Waals surface area contributed by atoms with Crippen LogP contribution in [0.5, 0.6) is 5.75 Å². The van der Waals surface area contributed by atoms with Crippen LogP contribution in [0.1, 0.15) is 23.1 Å². The molecule has 0 saturated carbocycles. The van der Waals surface area contributed by atoms with Crippen molar-refractivity contribution in [1.82, 2.24) is 25.3 Å². The van der Waals surface area contributed by atoms with E-state index in [1.165, 1.54) is 11.3 Å². The number of aromatic nitrogens is 4. The second-order valence-corrected chi connectivity index (χ2v) is 5.96. The summed E-state index contributed by atoms with van der Waals surface area (Å²) in [6.45, 7) is 3.02. The number of carbonyl (C=O) groups excluding carboxylic acids is 1. The highest BCUT2D eigenvalue weighted by molar-refractivity contribution is 7.13. The molecule has 0 fully saturated rings. The summed E-state index contributed by atoms with van der Waals surface area (Å²) < 4.78 is 6.84. The first-order valence-electron chi connectivity index (χ1n) is 7.73. The summed E-state index contributed by atoms with van der Waals surface area (Å²) in [5.41, 5.74) is 1.87.